The van der Waals surface area contributed by atoms with E-state index < -0.39 is 12.0 Å². The Morgan fingerprint density at radius 3 is 2.74 bits per heavy atom. The molecular weight excluding hydrogens is 246 g/mol. The molecule has 0 aliphatic carbocycles. The van der Waals surface area contributed by atoms with E-state index in [0.717, 1.165) is 19.4 Å². The molecule has 0 radical (unpaired) electrons. The van der Waals surface area contributed by atoms with Gasteiger partial charge in [-0.25, -0.2) is 9.59 Å². The summed E-state index contributed by atoms with van der Waals surface area (Å²) >= 11 is 0. The molecule has 1 fully saturated rings. The number of nitrogens with one attached hydrogen (secondary N) is 1. The molecule has 1 saturated heterocycles. The molecule has 2 N–H and O–H groups in total. The van der Waals surface area contributed by atoms with E-state index in [0.29, 0.717) is 25.6 Å². The summed E-state index contributed by atoms with van der Waals surface area (Å²) in [4.78, 5) is 26.5. The van der Waals surface area contributed by atoms with Crippen LogP contribution in [0.2, 0.25) is 0 Å². The number of carbonyl (C=O) groups is 2. The maximum Gasteiger partial charge on any atom is 0.326 e. The van der Waals surface area contributed by atoms with Crippen molar-refractivity contribution in [3.8, 4) is 0 Å². The summed E-state index contributed by atoms with van der Waals surface area (Å²) in [5.74, 6) is -0.910. The molecule has 1 aliphatic rings. The molecule has 0 saturated carbocycles. The van der Waals surface area contributed by atoms with Crippen LogP contribution in [0.15, 0.2) is 0 Å². The van der Waals surface area contributed by atoms with Gasteiger partial charge in [0.05, 0.1) is 0 Å². The highest BCUT2D eigenvalue weighted by Gasteiger charge is 2.33. The molecule has 19 heavy (non-hydrogen) atoms. The molecule has 6 heteroatoms. The number of nitrogens with zero attached hydrogens (tertiary/aromatic N) is 2. The van der Waals surface area contributed by atoms with Gasteiger partial charge in [0.25, 0.3) is 0 Å². The van der Waals surface area contributed by atoms with Gasteiger partial charge in [0.2, 0.25) is 0 Å². The highest BCUT2D eigenvalue weighted by Crippen LogP contribution is 2.17. The van der Waals surface area contributed by atoms with E-state index in [2.05, 4.69) is 24.1 Å². The Hall–Kier alpha value is -1.30. The lowest BCUT2D eigenvalue weighted by Crippen LogP contribution is -2.46. The Morgan fingerprint density at radius 1 is 1.47 bits per heavy atom. The van der Waals surface area contributed by atoms with Crippen LogP contribution in [0.25, 0.3) is 0 Å². The van der Waals surface area contributed by atoms with Crippen molar-refractivity contribution in [2.45, 2.75) is 45.2 Å². The molecule has 1 rings (SSSR count). The van der Waals surface area contributed by atoms with Crippen LogP contribution in [0, 0.1) is 0 Å². The van der Waals surface area contributed by atoms with Gasteiger partial charge in [0, 0.05) is 19.1 Å². The maximum atomic E-state index is 11.9. The van der Waals surface area contributed by atoms with Crippen LogP contribution in [0.3, 0.4) is 0 Å². The van der Waals surface area contributed by atoms with E-state index in [9.17, 15) is 9.59 Å². The number of amides is 2. The topological polar surface area (TPSA) is 72.9 Å². The third-order valence-corrected chi connectivity index (χ3v) is 3.64. The van der Waals surface area contributed by atoms with Gasteiger partial charge < -0.3 is 20.2 Å². The summed E-state index contributed by atoms with van der Waals surface area (Å²) in [6.07, 6.45) is 2.19. The lowest BCUT2D eigenvalue weighted by atomic mass is 10.2. The van der Waals surface area contributed by atoms with Crippen LogP contribution in [0.4, 0.5) is 4.79 Å². The van der Waals surface area contributed by atoms with Crippen molar-refractivity contribution in [3.05, 3.63) is 0 Å². The quantitative estimate of drug-likeness (QED) is 0.706. The highest BCUT2D eigenvalue weighted by molar-refractivity contribution is 5.83. The second kappa shape index (κ2) is 7.33. The fraction of sp³-hybridized carbons (Fsp3) is 0.846. The Morgan fingerprint density at radius 2 is 2.16 bits per heavy atom. The Kier molecular flexibility index (Phi) is 6.08. The Labute approximate surface area is 114 Å². The number of likely N-dealkylation sites (tertiary alicyclic amines) is 1. The molecule has 1 heterocycles. The van der Waals surface area contributed by atoms with Crippen molar-refractivity contribution < 1.29 is 14.7 Å². The summed E-state index contributed by atoms with van der Waals surface area (Å²) < 4.78 is 0. The fourth-order valence-electron chi connectivity index (χ4n) is 2.15. The van der Waals surface area contributed by atoms with E-state index in [1.165, 1.54) is 4.90 Å². The van der Waals surface area contributed by atoms with Crippen LogP contribution in [-0.2, 0) is 4.79 Å². The van der Waals surface area contributed by atoms with Gasteiger partial charge in [-0.2, -0.15) is 0 Å². The number of carboxylic acid groups (broad SMARTS) is 1. The predicted octanol–water partition coefficient (Wildman–Crippen LogP) is 0.975. The zero-order valence-electron chi connectivity index (χ0n) is 12.1. The first-order valence-electron chi connectivity index (χ1n) is 6.91. The number of rotatable bonds is 6. The first-order chi connectivity index (χ1) is 8.93. The molecule has 0 spiro atoms. The van der Waals surface area contributed by atoms with Crippen molar-refractivity contribution in [2.24, 2.45) is 0 Å². The lowest BCUT2D eigenvalue weighted by Gasteiger charge is -2.23. The van der Waals surface area contributed by atoms with Crippen molar-refractivity contribution in [3.63, 3.8) is 0 Å². The van der Waals surface area contributed by atoms with Gasteiger partial charge in [-0.1, -0.05) is 0 Å². The summed E-state index contributed by atoms with van der Waals surface area (Å²) in [5.41, 5.74) is 0. The molecule has 0 aromatic rings. The number of hydrogen-bond donors (Lipinski definition) is 2. The molecule has 1 atom stereocenters. The Balaban J connectivity index is 2.26. The monoisotopic (exact) mass is 271 g/mol. The van der Waals surface area contributed by atoms with Gasteiger partial charge >= 0.3 is 12.0 Å². The largest absolute Gasteiger partial charge is 0.480 e. The average Bonchev–Trinajstić information content (AvgIpc) is 2.83. The highest BCUT2D eigenvalue weighted by atomic mass is 16.4. The molecule has 110 valence electrons. The summed E-state index contributed by atoms with van der Waals surface area (Å²) in [5, 5.41) is 11.8. The van der Waals surface area contributed by atoms with Crippen molar-refractivity contribution in [1.29, 1.82) is 0 Å². The standard InChI is InChI=1S/C13H25N3O3/c1-10(2)15(3)8-5-7-14-13(19)16-9-4-6-11(16)12(17)18/h10-11H,4-9H2,1-3H3,(H,14,19)(H,17,18)/t11-/m1/s1. The zero-order chi connectivity index (χ0) is 14.4. The SMILES string of the molecule is CC(C)N(C)CCCNC(=O)N1CCC[C@@H]1C(=O)O. The van der Waals surface area contributed by atoms with E-state index in [1.807, 2.05) is 7.05 Å². The van der Waals surface area contributed by atoms with Crippen LogP contribution in [0.1, 0.15) is 33.1 Å². The minimum absolute atomic E-state index is 0.253. The molecular formula is C13H25N3O3. The summed E-state index contributed by atoms with van der Waals surface area (Å²) in [7, 11) is 2.05. The molecule has 0 aromatic heterocycles. The third kappa shape index (κ3) is 4.70. The third-order valence-electron chi connectivity index (χ3n) is 3.64. The molecule has 0 bridgehead atoms. The van der Waals surface area contributed by atoms with Crippen LogP contribution in [0.5, 0.6) is 0 Å². The minimum atomic E-state index is -0.910. The van der Waals surface area contributed by atoms with Crippen molar-refractivity contribution >= 4 is 12.0 Å². The van der Waals surface area contributed by atoms with Gasteiger partial charge in [-0.15, -0.1) is 0 Å². The number of urea groups is 1. The molecule has 1 aliphatic heterocycles. The fourth-order valence-corrected chi connectivity index (χ4v) is 2.15. The predicted molar refractivity (Wildman–Crippen MR) is 73.1 cm³/mol. The van der Waals surface area contributed by atoms with E-state index in [1.54, 1.807) is 0 Å². The van der Waals surface area contributed by atoms with Crippen molar-refractivity contribution in [2.75, 3.05) is 26.7 Å². The van der Waals surface area contributed by atoms with Crippen LogP contribution in [-0.4, -0.2) is 65.7 Å². The number of hydrogen-bond acceptors (Lipinski definition) is 3. The number of carbonyl (C=O) groups excluding carboxylic acids is 1. The van der Waals surface area contributed by atoms with Gasteiger partial charge in [-0.05, 0) is 46.7 Å². The van der Waals surface area contributed by atoms with Gasteiger partial charge in [0.1, 0.15) is 6.04 Å². The summed E-state index contributed by atoms with van der Waals surface area (Å²) in [6.45, 7) is 6.29. The van der Waals surface area contributed by atoms with Crippen LogP contribution >= 0.6 is 0 Å². The maximum absolute atomic E-state index is 11.9. The molecule has 6 nitrogen and oxygen atoms in total. The first kappa shape index (κ1) is 15.8. The zero-order valence-corrected chi connectivity index (χ0v) is 12.1. The Bertz CT molecular complexity index is 320. The van der Waals surface area contributed by atoms with E-state index >= 15 is 0 Å². The normalized spacial score (nSPS) is 19.2. The lowest BCUT2D eigenvalue weighted by molar-refractivity contribution is -0.141. The second-order valence-electron chi connectivity index (χ2n) is 5.35. The molecule has 2 amide bonds. The average molecular weight is 271 g/mol. The van der Waals surface area contributed by atoms with Gasteiger partial charge in [-0.3, -0.25) is 0 Å². The summed E-state index contributed by atoms with van der Waals surface area (Å²) in [6, 6.07) is -0.416. The molecule has 0 unspecified atom stereocenters. The second-order valence-corrected chi connectivity index (χ2v) is 5.35. The molecule has 0 aromatic carbocycles. The van der Waals surface area contributed by atoms with Crippen molar-refractivity contribution in [1.82, 2.24) is 15.1 Å². The van der Waals surface area contributed by atoms with Crippen LogP contribution < -0.4 is 5.32 Å². The van der Waals surface area contributed by atoms with E-state index in [4.69, 9.17) is 5.11 Å². The number of carboxylic acids is 1. The first-order valence-corrected chi connectivity index (χ1v) is 6.91. The number of aliphatic carboxylic acids is 1. The van der Waals surface area contributed by atoms with E-state index in [-0.39, 0.29) is 6.03 Å². The smallest absolute Gasteiger partial charge is 0.326 e. The van der Waals surface area contributed by atoms with Gasteiger partial charge in [0.15, 0.2) is 0 Å². The minimum Gasteiger partial charge on any atom is -0.480 e.